The Labute approximate surface area is 218 Å². The van der Waals surface area contributed by atoms with E-state index in [1.54, 1.807) is 0 Å². The van der Waals surface area contributed by atoms with Crippen molar-refractivity contribution in [1.82, 2.24) is 9.97 Å². The van der Waals surface area contributed by atoms with E-state index in [9.17, 15) is 9.90 Å². The van der Waals surface area contributed by atoms with Crippen LogP contribution in [0.25, 0.3) is 5.57 Å². The minimum Gasteiger partial charge on any atom is -0.384 e. The minimum absolute atomic E-state index is 0.0825. The van der Waals surface area contributed by atoms with Gasteiger partial charge in [0.2, 0.25) is 0 Å². The minimum atomic E-state index is -1.14. The van der Waals surface area contributed by atoms with Crippen LogP contribution in [0, 0.1) is 28.6 Å². The van der Waals surface area contributed by atoms with Crippen molar-refractivity contribution in [2.24, 2.45) is 17.3 Å². The third-order valence-corrected chi connectivity index (χ3v) is 9.18. The Balaban J connectivity index is 1.58. The Hall–Kier alpha value is -3.21. The highest BCUT2D eigenvalue weighted by atomic mass is 16.5. The summed E-state index contributed by atoms with van der Waals surface area (Å²) in [5.41, 5.74) is 1.63. The summed E-state index contributed by atoms with van der Waals surface area (Å²) in [4.78, 5) is 19.8. The summed E-state index contributed by atoms with van der Waals surface area (Å²) in [7, 11) is 0. The predicted molar refractivity (Wildman–Crippen MR) is 143 cm³/mol. The molecule has 2 aliphatic heterocycles. The predicted octanol–water partition coefficient (Wildman–Crippen LogP) is 5.70. The number of fused-ring (bicyclic) bond motifs is 2. The van der Waals surface area contributed by atoms with Crippen LogP contribution in [0.3, 0.4) is 0 Å². The molecule has 5 atom stereocenters. The lowest BCUT2D eigenvalue weighted by molar-refractivity contribution is -0.257. The normalized spacial score (nSPS) is 34.1. The smallest absolute Gasteiger partial charge is 0.291 e. The molecule has 3 N–H and O–H groups in total. The largest absolute Gasteiger partial charge is 0.384 e. The standard InChI is InChI=1S/C30H36N4O3/c1-18-28(5)13-14-29(6,37-28)19(2)30(18,36)21-7-8-24(34-26(35)25-32-17-22(16-31)33-25)23(15-21)20-9-11-27(3,4)12-10-20/h7-9,13-15,17-19,36H,10-12H2,1-6H3,(H,32,33)(H,34,35)/t18-,19+,28+,29-,30-. The molecule has 0 saturated carbocycles. The maximum atomic E-state index is 13.0. The van der Waals surface area contributed by atoms with Gasteiger partial charge in [0, 0.05) is 29.3 Å². The van der Waals surface area contributed by atoms with Gasteiger partial charge >= 0.3 is 0 Å². The number of aromatic amines is 1. The van der Waals surface area contributed by atoms with Gasteiger partial charge in [-0.3, -0.25) is 4.79 Å². The van der Waals surface area contributed by atoms with Crippen molar-refractivity contribution in [2.45, 2.75) is 77.6 Å². The van der Waals surface area contributed by atoms with Crippen LogP contribution in [-0.2, 0) is 10.3 Å². The third-order valence-electron chi connectivity index (χ3n) is 9.18. The lowest BCUT2D eigenvalue weighted by Crippen LogP contribution is -2.61. The maximum absolute atomic E-state index is 13.0. The second-order valence-electron chi connectivity index (χ2n) is 12.1. The fourth-order valence-electron chi connectivity index (χ4n) is 6.25. The monoisotopic (exact) mass is 500 g/mol. The van der Waals surface area contributed by atoms with E-state index in [0.29, 0.717) is 5.69 Å². The van der Waals surface area contributed by atoms with E-state index in [0.717, 1.165) is 36.0 Å². The number of carbonyl (C=O) groups excluding carboxylic acids is 1. The molecule has 3 aliphatic rings. The fourth-order valence-corrected chi connectivity index (χ4v) is 6.25. The molecule has 7 nitrogen and oxygen atoms in total. The molecular weight excluding hydrogens is 464 g/mol. The first-order valence-electron chi connectivity index (χ1n) is 13.0. The number of allylic oxidation sites excluding steroid dienone is 2. The summed E-state index contributed by atoms with van der Waals surface area (Å²) in [5, 5.41) is 24.5. The summed E-state index contributed by atoms with van der Waals surface area (Å²) in [6.07, 6.45) is 10.7. The van der Waals surface area contributed by atoms with E-state index < -0.39 is 22.7 Å². The highest BCUT2D eigenvalue weighted by molar-refractivity contribution is 6.03. The average Bonchev–Trinajstić information content (AvgIpc) is 3.47. The van der Waals surface area contributed by atoms with E-state index in [2.05, 4.69) is 47.4 Å². The lowest BCUT2D eigenvalue weighted by atomic mass is 9.62. The number of hydrogen-bond donors (Lipinski definition) is 3. The number of benzene rings is 1. The molecule has 2 aromatic rings. The van der Waals surface area contributed by atoms with E-state index in [-0.39, 0.29) is 28.8 Å². The highest BCUT2D eigenvalue weighted by Crippen LogP contribution is 2.58. The maximum Gasteiger partial charge on any atom is 0.291 e. The summed E-state index contributed by atoms with van der Waals surface area (Å²) in [6.45, 7) is 12.7. The summed E-state index contributed by atoms with van der Waals surface area (Å²) in [6, 6.07) is 7.78. The van der Waals surface area contributed by atoms with Crippen LogP contribution in [0.2, 0.25) is 0 Å². The molecule has 3 heterocycles. The quantitative estimate of drug-likeness (QED) is 0.466. The van der Waals surface area contributed by atoms with Crippen LogP contribution in [-0.4, -0.2) is 32.2 Å². The van der Waals surface area contributed by atoms with Crippen molar-refractivity contribution >= 4 is 17.2 Å². The number of ether oxygens (including phenoxy) is 1. The Morgan fingerprint density at radius 3 is 2.43 bits per heavy atom. The zero-order valence-electron chi connectivity index (χ0n) is 22.5. The van der Waals surface area contributed by atoms with Crippen LogP contribution < -0.4 is 5.32 Å². The van der Waals surface area contributed by atoms with Gasteiger partial charge in [-0.2, -0.15) is 5.26 Å². The van der Waals surface area contributed by atoms with E-state index in [4.69, 9.17) is 10.00 Å². The van der Waals surface area contributed by atoms with Gasteiger partial charge in [-0.15, -0.1) is 0 Å². The number of anilines is 1. The van der Waals surface area contributed by atoms with E-state index >= 15 is 0 Å². The van der Waals surface area contributed by atoms with Gasteiger partial charge in [0.05, 0.1) is 11.2 Å². The fraction of sp³-hybridized carbons (Fsp3) is 0.500. The van der Waals surface area contributed by atoms with Gasteiger partial charge in [0.25, 0.3) is 5.91 Å². The number of nitriles is 1. The Kier molecular flexibility index (Phi) is 5.78. The number of amides is 1. The number of aliphatic hydroxyl groups is 1. The van der Waals surface area contributed by atoms with Crippen molar-refractivity contribution in [1.29, 1.82) is 5.26 Å². The van der Waals surface area contributed by atoms with Gasteiger partial charge in [-0.05, 0) is 61.8 Å². The molecule has 5 rings (SSSR count). The van der Waals surface area contributed by atoms with Gasteiger partial charge in [0.1, 0.15) is 11.7 Å². The zero-order chi connectivity index (χ0) is 26.8. The molecule has 194 valence electrons. The molecule has 1 fully saturated rings. The Morgan fingerprint density at radius 1 is 1.19 bits per heavy atom. The van der Waals surface area contributed by atoms with Crippen LogP contribution in [0.1, 0.15) is 88.2 Å². The van der Waals surface area contributed by atoms with Gasteiger partial charge in [-0.1, -0.05) is 52.0 Å². The molecule has 2 bridgehead atoms. The Bertz CT molecular complexity index is 1340. The lowest BCUT2D eigenvalue weighted by Gasteiger charge is -2.55. The topological polar surface area (TPSA) is 111 Å². The second-order valence-corrected chi connectivity index (χ2v) is 12.1. The van der Waals surface area contributed by atoms with Crippen molar-refractivity contribution in [3.05, 3.63) is 65.3 Å². The first kappa shape index (κ1) is 25.4. The third kappa shape index (κ3) is 4.03. The molecule has 0 radical (unpaired) electrons. The van der Waals surface area contributed by atoms with E-state index in [1.807, 2.05) is 52.0 Å². The van der Waals surface area contributed by atoms with Crippen LogP contribution in [0.4, 0.5) is 5.69 Å². The molecule has 1 amide bonds. The SMILES string of the molecule is C[C@@H]1[C@@](O)(c2ccc(NC(=O)c3nc(C#N)c[nH]3)c(C3=CCC(C)(C)CC3)c2)[C@H](C)[C@]2(C)C=C[C@@]1(C)O2. The summed E-state index contributed by atoms with van der Waals surface area (Å²) < 4.78 is 6.45. The van der Waals surface area contributed by atoms with Crippen LogP contribution in [0.5, 0.6) is 0 Å². The molecule has 0 spiro atoms. The number of rotatable bonds is 4. The first-order chi connectivity index (χ1) is 17.3. The molecule has 1 aromatic heterocycles. The van der Waals surface area contributed by atoms with Gasteiger partial charge in [0.15, 0.2) is 11.5 Å². The van der Waals surface area contributed by atoms with Gasteiger partial charge < -0.3 is 20.1 Å². The summed E-state index contributed by atoms with van der Waals surface area (Å²) in [5.74, 6) is -0.719. The van der Waals surface area contributed by atoms with Crippen molar-refractivity contribution in [2.75, 3.05) is 5.32 Å². The zero-order valence-corrected chi connectivity index (χ0v) is 22.5. The highest BCUT2D eigenvalue weighted by Gasteiger charge is 2.63. The molecule has 0 unspecified atom stereocenters. The number of carbonyl (C=O) groups is 1. The average molecular weight is 501 g/mol. The Morgan fingerprint density at radius 2 is 1.86 bits per heavy atom. The number of aromatic nitrogens is 2. The van der Waals surface area contributed by atoms with Gasteiger partial charge in [-0.25, -0.2) is 4.98 Å². The molecule has 7 heteroatoms. The first-order valence-corrected chi connectivity index (χ1v) is 13.0. The second kappa shape index (κ2) is 8.41. The molecular formula is C30H36N4O3. The van der Waals surface area contributed by atoms with Crippen molar-refractivity contribution in [3.8, 4) is 6.07 Å². The van der Waals surface area contributed by atoms with Crippen molar-refractivity contribution in [3.63, 3.8) is 0 Å². The van der Waals surface area contributed by atoms with Crippen LogP contribution >= 0.6 is 0 Å². The summed E-state index contributed by atoms with van der Waals surface area (Å²) >= 11 is 0. The number of imidazole rings is 1. The number of nitrogens with one attached hydrogen (secondary N) is 2. The number of H-pyrrole nitrogens is 1. The molecule has 1 aromatic carbocycles. The van der Waals surface area contributed by atoms with E-state index in [1.165, 1.54) is 6.20 Å². The van der Waals surface area contributed by atoms with Crippen molar-refractivity contribution < 1.29 is 14.6 Å². The molecule has 37 heavy (non-hydrogen) atoms. The number of hydrogen-bond acceptors (Lipinski definition) is 5. The molecule has 1 saturated heterocycles. The molecule has 1 aliphatic carbocycles. The van der Waals surface area contributed by atoms with Crippen LogP contribution in [0.15, 0.2) is 42.6 Å². The number of nitrogens with zero attached hydrogens (tertiary/aromatic N) is 2.